The minimum absolute atomic E-state index is 0.0292. The van der Waals surface area contributed by atoms with Crippen molar-refractivity contribution in [2.24, 2.45) is 0 Å². The van der Waals surface area contributed by atoms with Crippen LogP contribution in [0.2, 0.25) is 5.02 Å². The highest BCUT2D eigenvalue weighted by atomic mass is 35.5. The number of anilines is 1. The number of carbonyl (C=O) groups is 1. The quantitative estimate of drug-likeness (QED) is 0.572. The third-order valence-corrected chi connectivity index (χ3v) is 7.46. The summed E-state index contributed by atoms with van der Waals surface area (Å²) in [6.45, 7) is 3.72. The summed E-state index contributed by atoms with van der Waals surface area (Å²) in [4.78, 5) is 12.8. The van der Waals surface area contributed by atoms with Crippen molar-refractivity contribution in [1.29, 1.82) is 0 Å². The molecule has 3 rings (SSSR count). The number of amides is 1. The van der Waals surface area contributed by atoms with E-state index < -0.39 is 10.0 Å². The molecule has 1 fully saturated rings. The molecule has 0 saturated heterocycles. The van der Waals surface area contributed by atoms with Crippen LogP contribution in [0.25, 0.3) is 0 Å². The number of nitrogens with zero attached hydrogens (tertiary/aromatic N) is 1. The van der Waals surface area contributed by atoms with Crippen LogP contribution in [-0.2, 0) is 10.0 Å². The fourth-order valence-corrected chi connectivity index (χ4v) is 5.43. The third kappa shape index (κ3) is 5.22. The van der Waals surface area contributed by atoms with E-state index in [-0.39, 0.29) is 34.0 Å². The van der Waals surface area contributed by atoms with E-state index in [9.17, 15) is 13.2 Å². The molecule has 0 spiro atoms. The fraction of sp³-hybridized carbons (Fsp3) is 0.348. The van der Waals surface area contributed by atoms with Gasteiger partial charge in [0.1, 0.15) is 5.75 Å². The van der Waals surface area contributed by atoms with Crippen molar-refractivity contribution in [1.82, 2.24) is 5.32 Å². The van der Waals surface area contributed by atoms with Crippen LogP contribution in [0.5, 0.6) is 5.75 Å². The lowest BCUT2D eigenvalue weighted by atomic mass is 9.95. The van der Waals surface area contributed by atoms with Gasteiger partial charge in [-0.25, -0.2) is 8.42 Å². The second-order valence-electron chi connectivity index (χ2n) is 7.45. The zero-order chi connectivity index (χ0) is 22.4. The number of hydrogen-bond donors (Lipinski definition) is 1. The summed E-state index contributed by atoms with van der Waals surface area (Å²) in [6, 6.07) is 11.1. The van der Waals surface area contributed by atoms with Crippen molar-refractivity contribution in [2.45, 2.75) is 43.0 Å². The summed E-state index contributed by atoms with van der Waals surface area (Å²) < 4.78 is 33.6. The molecule has 0 atom stereocenters. The van der Waals surface area contributed by atoms with Crippen molar-refractivity contribution < 1.29 is 17.9 Å². The average molecular weight is 463 g/mol. The number of ether oxygens (including phenoxy) is 1. The Kier molecular flexibility index (Phi) is 7.62. The summed E-state index contributed by atoms with van der Waals surface area (Å²) in [5.74, 6) is 0.0543. The molecular weight excluding hydrogens is 436 g/mol. The van der Waals surface area contributed by atoms with Gasteiger partial charge in [0.15, 0.2) is 0 Å². The fourth-order valence-electron chi connectivity index (χ4n) is 3.76. The number of para-hydroxylation sites is 2. The van der Waals surface area contributed by atoms with Gasteiger partial charge in [-0.05, 0) is 43.2 Å². The molecule has 0 aromatic heterocycles. The molecular formula is C23H27ClN2O4S. The first-order valence-corrected chi connectivity index (χ1v) is 12.1. The summed E-state index contributed by atoms with van der Waals surface area (Å²) in [6.07, 6.45) is 6.65. The Morgan fingerprint density at radius 3 is 2.61 bits per heavy atom. The largest absolute Gasteiger partial charge is 0.495 e. The molecule has 1 aliphatic rings. The Labute approximate surface area is 188 Å². The maximum atomic E-state index is 13.5. The Morgan fingerprint density at radius 1 is 1.23 bits per heavy atom. The Morgan fingerprint density at radius 2 is 1.94 bits per heavy atom. The van der Waals surface area contributed by atoms with Gasteiger partial charge in [-0.2, -0.15) is 0 Å². The van der Waals surface area contributed by atoms with Crippen LogP contribution >= 0.6 is 11.6 Å². The lowest BCUT2D eigenvalue weighted by molar-refractivity contribution is 0.0927. The van der Waals surface area contributed by atoms with Crippen LogP contribution in [0.15, 0.2) is 60.0 Å². The topological polar surface area (TPSA) is 75.7 Å². The van der Waals surface area contributed by atoms with Crippen LogP contribution < -0.4 is 14.4 Å². The second-order valence-corrected chi connectivity index (χ2v) is 9.72. The number of benzene rings is 2. The van der Waals surface area contributed by atoms with Gasteiger partial charge in [0.05, 0.1) is 34.8 Å². The van der Waals surface area contributed by atoms with Crippen molar-refractivity contribution in [3.8, 4) is 5.75 Å². The van der Waals surface area contributed by atoms with E-state index >= 15 is 0 Å². The first-order valence-electron chi connectivity index (χ1n) is 10.3. The van der Waals surface area contributed by atoms with E-state index in [1.54, 1.807) is 24.3 Å². The van der Waals surface area contributed by atoms with Crippen LogP contribution in [0.4, 0.5) is 5.69 Å². The van der Waals surface area contributed by atoms with Crippen molar-refractivity contribution in [3.63, 3.8) is 0 Å². The number of halogens is 1. The first-order chi connectivity index (χ1) is 14.9. The summed E-state index contributed by atoms with van der Waals surface area (Å²) in [5, 5.41) is 3.20. The van der Waals surface area contributed by atoms with Gasteiger partial charge in [0.2, 0.25) is 0 Å². The molecule has 6 nitrogen and oxygen atoms in total. The van der Waals surface area contributed by atoms with Gasteiger partial charge in [-0.3, -0.25) is 9.10 Å². The van der Waals surface area contributed by atoms with E-state index in [1.165, 1.54) is 42.1 Å². The number of rotatable bonds is 8. The lowest BCUT2D eigenvalue weighted by Crippen LogP contribution is -2.36. The molecule has 166 valence electrons. The molecule has 1 aliphatic carbocycles. The summed E-state index contributed by atoms with van der Waals surface area (Å²) in [5.41, 5.74) is 0.528. The van der Waals surface area contributed by atoms with E-state index in [4.69, 9.17) is 16.3 Å². The Balaban J connectivity index is 1.96. The summed E-state index contributed by atoms with van der Waals surface area (Å²) >= 11 is 6.26. The molecule has 0 radical (unpaired) electrons. The van der Waals surface area contributed by atoms with Crippen LogP contribution in [0.3, 0.4) is 0 Å². The van der Waals surface area contributed by atoms with E-state index in [0.717, 1.165) is 25.7 Å². The minimum atomic E-state index is -4.01. The Hall–Kier alpha value is -2.51. The van der Waals surface area contributed by atoms with Gasteiger partial charge in [0.25, 0.3) is 15.9 Å². The third-order valence-electron chi connectivity index (χ3n) is 5.36. The normalized spacial score (nSPS) is 14.6. The molecule has 8 heteroatoms. The molecule has 0 unspecified atom stereocenters. The highest BCUT2D eigenvalue weighted by Gasteiger charge is 2.28. The van der Waals surface area contributed by atoms with Crippen molar-refractivity contribution in [2.75, 3.05) is 18.0 Å². The number of sulfonamides is 1. The number of hydrogen-bond acceptors (Lipinski definition) is 4. The molecule has 31 heavy (non-hydrogen) atoms. The predicted molar refractivity (Wildman–Crippen MR) is 124 cm³/mol. The number of nitrogens with one attached hydrogen (secondary N) is 1. The lowest BCUT2D eigenvalue weighted by Gasteiger charge is -2.25. The van der Waals surface area contributed by atoms with Gasteiger partial charge >= 0.3 is 0 Å². The van der Waals surface area contributed by atoms with Crippen LogP contribution in [-0.4, -0.2) is 34.0 Å². The molecule has 0 aliphatic heterocycles. The number of methoxy groups -OCH3 is 1. The SMILES string of the molecule is C=CCN(c1ccccc1OC)S(=O)(=O)c1ccc(Cl)c(C(=O)NC2CCCCC2)c1. The van der Waals surface area contributed by atoms with E-state index in [0.29, 0.717) is 11.4 Å². The van der Waals surface area contributed by atoms with Crippen LogP contribution in [0.1, 0.15) is 42.5 Å². The zero-order valence-electron chi connectivity index (χ0n) is 17.5. The molecule has 1 saturated carbocycles. The average Bonchev–Trinajstić information content (AvgIpc) is 2.78. The molecule has 0 bridgehead atoms. The van der Waals surface area contributed by atoms with Gasteiger partial charge in [0, 0.05) is 6.04 Å². The minimum Gasteiger partial charge on any atom is -0.495 e. The molecule has 1 amide bonds. The van der Waals surface area contributed by atoms with Gasteiger partial charge in [-0.1, -0.05) is 49.1 Å². The maximum absolute atomic E-state index is 13.5. The Bertz CT molecular complexity index is 1050. The monoisotopic (exact) mass is 462 g/mol. The standard InChI is InChI=1S/C23H27ClN2O4S/c1-3-15-26(21-11-7-8-12-22(21)30-2)31(28,29)18-13-14-20(24)19(16-18)23(27)25-17-9-5-4-6-10-17/h3,7-8,11-14,16-17H,1,4-6,9-10,15H2,2H3,(H,25,27). The zero-order valence-corrected chi connectivity index (χ0v) is 19.1. The summed E-state index contributed by atoms with van der Waals surface area (Å²) in [7, 11) is -2.53. The van der Waals surface area contributed by atoms with Crippen molar-refractivity contribution >= 4 is 33.2 Å². The molecule has 2 aromatic carbocycles. The van der Waals surface area contributed by atoms with E-state index in [1.807, 2.05) is 0 Å². The second kappa shape index (κ2) is 10.2. The highest BCUT2D eigenvalue weighted by Crippen LogP contribution is 2.33. The van der Waals surface area contributed by atoms with Crippen LogP contribution in [0, 0.1) is 0 Å². The number of carbonyl (C=O) groups excluding carboxylic acids is 1. The first kappa shape index (κ1) is 23.2. The van der Waals surface area contributed by atoms with Gasteiger partial charge in [-0.15, -0.1) is 6.58 Å². The highest BCUT2D eigenvalue weighted by molar-refractivity contribution is 7.92. The smallest absolute Gasteiger partial charge is 0.264 e. The predicted octanol–water partition coefficient (Wildman–Crippen LogP) is 4.79. The maximum Gasteiger partial charge on any atom is 0.264 e. The van der Waals surface area contributed by atoms with Crippen molar-refractivity contribution in [3.05, 3.63) is 65.7 Å². The van der Waals surface area contributed by atoms with E-state index in [2.05, 4.69) is 11.9 Å². The molecule has 1 N–H and O–H groups in total. The molecule has 0 heterocycles. The van der Waals surface area contributed by atoms with Gasteiger partial charge < -0.3 is 10.1 Å². The molecule has 2 aromatic rings.